The first-order valence-corrected chi connectivity index (χ1v) is 7.90. The van der Waals surface area contributed by atoms with Crippen molar-refractivity contribution in [2.75, 3.05) is 13.1 Å². The minimum absolute atomic E-state index is 0.0241. The second kappa shape index (κ2) is 7.72. The molecule has 2 N–H and O–H groups in total. The number of benzene rings is 1. The summed E-state index contributed by atoms with van der Waals surface area (Å²) in [4.78, 5) is 48.3. The minimum atomic E-state index is -0.947. The zero-order valence-electron chi connectivity index (χ0n) is 13.4. The zero-order valence-corrected chi connectivity index (χ0v) is 13.4. The maximum Gasteiger partial charge on any atom is 0.308 e. The Kier molecular flexibility index (Phi) is 5.68. The van der Waals surface area contributed by atoms with Crippen molar-refractivity contribution in [3.8, 4) is 0 Å². The fourth-order valence-electron chi connectivity index (χ4n) is 2.64. The average molecular weight is 332 g/mol. The van der Waals surface area contributed by atoms with E-state index in [4.69, 9.17) is 5.11 Å². The van der Waals surface area contributed by atoms with E-state index in [1.54, 1.807) is 24.3 Å². The van der Waals surface area contributed by atoms with Gasteiger partial charge in [0, 0.05) is 19.5 Å². The van der Waals surface area contributed by atoms with Crippen LogP contribution in [-0.2, 0) is 9.59 Å². The van der Waals surface area contributed by atoms with Crippen LogP contribution in [0.2, 0.25) is 0 Å². The van der Waals surface area contributed by atoms with E-state index < -0.39 is 23.7 Å². The molecule has 2 rings (SSSR count). The fraction of sp³-hybridized carbons (Fsp3) is 0.412. The lowest BCUT2D eigenvalue weighted by atomic mass is 10.0. The fourth-order valence-corrected chi connectivity index (χ4v) is 2.64. The van der Waals surface area contributed by atoms with Crippen LogP contribution in [0, 0.1) is 5.92 Å². The molecular formula is C17H20N2O5. The molecule has 3 amide bonds. The number of nitrogens with zero attached hydrogens (tertiary/aromatic N) is 1. The molecule has 128 valence electrons. The van der Waals surface area contributed by atoms with Crippen molar-refractivity contribution < 1.29 is 24.3 Å². The van der Waals surface area contributed by atoms with Crippen LogP contribution in [0.4, 0.5) is 0 Å². The average Bonchev–Trinajstić information content (AvgIpc) is 2.81. The number of nitrogens with one attached hydrogen (secondary N) is 1. The van der Waals surface area contributed by atoms with E-state index in [0.29, 0.717) is 24.0 Å². The quantitative estimate of drug-likeness (QED) is 0.698. The maximum atomic E-state index is 12.2. The zero-order chi connectivity index (χ0) is 17.7. The normalized spacial score (nSPS) is 14.5. The third-order valence-corrected chi connectivity index (χ3v) is 3.97. The second-order valence-electron chi connectivity index (χ2n) is 5.69. The predicted octanol–water partition coefficient (Wildman–Crippen LogP) is 1.29. The van der Waals surface area contributed by atoms with E-state index in [1.807, 2.05) is 6.92 Å². The van der Waals surface area contributed by atoms with Gasteiger partial charge in [-0.15, -0.1) is 0 Å². The first kappa shape index (κ1) is 17.7. The molecule has 7 nitrogen and oxygen atoms in total. The van der Waals surface area contributed by atoms with Crippen molar-refractivity contribution in [2.24, 2.45) is 5.92 Å². The lowest BCUT2D eigenvalue weighted by Crippen LogP contribution is -2.37. The standard InChI is InChI=1S/C17H20N2O5/c1-2-5-11(17(23)24)10-18-14(20)8-9-19-15(21)12-6-3-4-7-13(12)16(19)22/h3-4,6-7,11H,2,5,8-10H2,1H3,(H,18,20)(H,23,24). The smallest absolute Gasteiger partial charge is 0.308 e. The lowest BCUT2D eigenvalue weighted by molar-refractivity contribution is -0.141. The molecule has 1 atom stereocenters. The third-order valence-electron chi connectivity index (χ3n) is 3.97. The highest BCUT2D eigenvalue weighted by atomic mass is 16.4. The van der Waals surface area contributed by atoms with Crippen molar-refractivity contribution in [1.29, 1.82) is 0 Å². The van der Waals surface area contributed by atoms with Crippen LogP contribution in [-0.4, -0.2) is 46.8 Å². The van der Waals surface area contributed by atoms with Crippen LogP contribution < -0.4 is 5.32 Å². The van der Waals surface area contributed by atoms with Gasteiger partial charge < -0.3 is 10.4 Å². The molecule has 1 heterocycles. The van der Waals surface area contributed by atoms with E-state index in [2.05, 4.69) is 5.32 Å². The Bertz CT molecular complexity index is 636. The number of fused-ring (bicyclic) bond motifs is 1. The van der Waals surface area contributed by atoms with Gasteiger partial charge in [-0.1, -0.05) is 25.5 Å². The first-order valence-electron chi connectivity index (χ1n) is 7.90. The number of carboxylic acid groups (broad SMARTS) is 1. The van der Waals surface area contributed by atoms with Gasteiger partial charge in [-0.3, -0.25) is 24.1 Å². The molecule has 0 aliphatic carbocycles. The monoisotopic (exact) mass is 332 g/mol. The van der Waals surface area contributed by atoms with Gasteiger partial charge >= 0.3 is 5.97 Å². The highest BCUT2D eigenvalue weighted by Gasteiger charge is 2.34. The van der Waals surface area contributed by atoms with Crippen LogP contribution >= 0.6 is 0 Å². The summed E-state index contributed by atoms with van der Waals surface area (Å²) in [5.41, 5.74) is 0.689. The number of carboxylic acids is 1. The molecule has 1 unspecified atom stereocenters. The van der Waals surface area contributed by atoms with Gasteiger partial charge in [0.1, 0.15) is 0 Å². The van der Waals surface area contributed by atoms with Gasteiger partial charge in [-0.2, -0.15) is 0 Å². The first-order chi connectivity index (χ1) is 11.5. The Morgan fingerprint density at radius 2 is 1.75 bits per heavy atom. The maximum absolute atomic E-state index is 12.2. The topological polar surface area (TPSA) is 104 Å². The number of carbonyl (C=O) groups is 4. The van der Waals surface area contributed by atoms with Gasteiger partial charge in [-0.05, 0) is 18.6 Å². The number of hydrogen-bond acceptors (Lipinski definition) is 4. The van der Waals surface area contributed by atoms with Crippen molar-refractivity contribution in [1.82, 2.24) is 10.2 Å². The SMILES string of the molecule is CCCC(CNC(=O)CCN1C(=O)c2ccccc2C1=O)C(=O)O. The highest BCUT2D eigenvalue weighted by molar-refractivity contribution is 6.21. The summed E-state index contributed by atoms with van der Waals surface area (Å²) in [6, 6.07) is 6.52. The molecule has 24 heavy (non-hydrogen) atoms. The predicted molar refractivity (Wildman–Crippen MR) is 85.5 cm³/mol. The van der Waals surface area contributed by atoms with Crippen LogP contribution in [0.5, 0.6) is 0 Å². The summed E-state index contributed by atoms with van der Waals surface area (Å²) in [5, 5.41) is 11.6. The minimum Gasteiger partial charge on any atom is -0.481 e. The van der Waals surface area contributed by atoms with E-state index in [0.717, 1.165) is 4.90 Å². The van der Waals surface area contributed by atoms with E-state index in [1.165, 1.54) is 0 Å². The molecule has 0 fully saturated rings. The number of hydrogen-bond donors (Lipinski definition) is 2. The Morgan fingerprint density at radius 3 is 2.25 bits per heavy atom. The molecule has 1 aromatic carbocycles. The van der Waals surface area contributed by atoms with Crippen LogP contribution in [0.1, 0.15) is 46.9 Å². The van der Waals surface area contributed by atoms with Gasteiger partial charge in [0.15, 0.2) is 0 Å². The molecular weight excluding hydrogens is 312 g/mol. The van der Waals surface area contributed by atoms with Crippen molar-refractivity contribution >= 4 is 23.7 Å². The van der Waals surface area contributed by atoms with Gasteiger partial charge in [0.05, 0.1) is 17.0 Å². The molecule has 0 bridgehead atoms. The third kappa shape index (κ3) is 3.79. The van der Waals surface area contributed by atoms with E-state index in [-0.39, 0.29) is 25.4 Å². The number of amides is 3. The van der Waals surface area contributed by atoms with Crippen molar-refractivity contribution in [3.63, 3.8) is 0 Å². The second-order valence-corrected chi connectivity index (χ2v) is 5.69. The summed E-state index contributed by atoms with van der Waals surface area (Å²) >= 11 is 0. The highest BCUT2D eigenvalue weighted by Crippen LogP contribution is 2.22. The van der Waals surface area contributed by atoms with Gasteiger partial charge in [-0.25, -0.2) is 0 Å². The number of rotatable bonds is 8. The molecule has 0 saturated heterocycles. The summed E-state index contributed by atoms with van der Waals surface area (Å²) in [5.74, 6) is -2.76. The van der Waals surface area contributed by atoms with Crippen LogP contribution in [0.15, 0.2) is 24.3 Å². The Hall–Kier alpha value is -2.70. The summed E-state index contributed by atoms with van der Waals surface area (Å²) < 4.78 is 0. The van der Waals surface area contributed by atoms with E-state index >= 15 is 0 Å². The molecule has 7 heteroatoms. The number of imide groups is 1. The summed E-state index contributed by atoms with van der Waals surface area (Å²) in [6.45, 7) is 1.90. The van der Waals surface area contributed by atoms with E-state index in [9.17, 15) is 19.2 Å². The Balaban J connectivity index is 1.86. The Morgan fingerprint density at radius 1 is 1.17 bits per heavy atom. The lowest BCUT2D eigenvalue weighted by Gasteiger charge is -2.15. The van der Waals surface area contributed by atoms with Gasteiger partial charge in [0.2, 0.25) is 5.91 Å². The summed E-state index contributed by atoms with van der Waals surface area (Å²) in [7, 11) is 0. The largest absolute Gasteiger partial charge is 0.481 e. The Labute approximate surface area is 139 Å². The van der Waals surface area contributed by atoms with Crippen molar-refractivity contribution in [2.45, 2.75) is 26.2 Å². The van der Waals surface area contributed by atoms with Crippen molar-refractivity contribution in [3.05, 3.63) is 35.4 Å². The molecule has 1 aliphatic heterocycles. The summed E-state index contributed by atoms with van der Waals surface area (Å²) in [6.07, 6.45) is 1.14. The van der Waals surface area contributed by atoms with Crippen LogP contribution in [0.3, 0.4) is 0 Å². The number of carbonyl (C=O) groups excluding carboxylic acids is 3. The number of aliphatic carboxylic acids is 1. The molecule has 1 aromatic rings. The molecule has 0 saturated carbocycles. The van der Waals surface area contributed by atoms with Crippen LogP contribution in [0.25, 0.3) is 0 Å². The van der Waals surface area contributed by atoms with Gasteiger partial charge in [0.25, 0.3) is 11.8 Å². The molecule has 0 aromatic heterocycles. The molecule has 1 aliphatic rings. The molecule has 0 spiro atoms. The molecule has 0 radical (unpaired) electrons.